The number of rotatable bonds is 10. The molecule has 2 heterocycles. The molecule has 0 bridgehead atoms. The summed E-state index contributed by atoms with van der Waals surface area (Å²) in [6, 6.07) is 5.62. The number of hydrogen-bond acceptors (Lipinski definition) is 9. The van der Waals surface area contributed by atoms with Crippen molar-refractivity contribution in [1.29, 1.82) is 0 Å². The summed E-state index contributed by atoms with van der Waals surface area (Å²) in [6.07, 6.45) is 0.530. The van der Waals surface area contributed by atoms with Gasteiger partial charge in [0.25, 0.3) is 5.56 Å². The first kappa shape index (κ1) is 27.7. The Kier molecular flexibility index (Phi) is 8.84. The predicted octanol–water partition coefficient (Wildman–Crippen LogP) is 4.91. The molecule has 0 aliphatic carbocycles. The molecule has 0 atom stereocenters. The highest BCUT2D eigenvalue weighted by Crippen LogP contribution is 2.31. The highest BCUT2D eigenvalue weighted by atomic mass is 32.2. The van der Waals surface area contributed by atoms with E-state index in [9.17, 15) is 14.4 Å². The van der Waals surface area contributed by atoms with Crippen molar-refractivity contribution in [3.8, 4) is 11.5 Å². The second-order valence-electron chi connectivity index (χ2n) is 9.21. The van der Waals surface area contributed by atoms with Gasteiger partial charge in [0.05, 0.1) is 32.0 Å². The van der Waals surface area contributed by atoms with E-state index < -0.39 is 11.4 Å². The lowest BCUT2D eigenvalue weighted by molar-refractivity contribution is -0.123. The zero-order valence-electron chi connectivity index (χ0n) is 21.7. The topological polar surface area (TPSA) is 96.7 Å². The van der Waals surface area contributed by atoms with E-state index in [0.717, 1.165) is 16.9 Å². The maximum Gasteiger partial charge on any atom is 0.348 e. The summed E-state index contributed by atoms with van der Waals surface area (Å²) < 4.78 is 17.5. The number of ketones is 1. The number of nitrogens with zero attached hydrogens (tertiary/aromatic N) is 2. The molecule has 3 rings (SSSR count). The van der Waals surface area contributed by atoms with Crippen LogP contribution in [0.2, 0.25) is 0 Å². The molecular formula is C26H32N2O6S2. The first-order valence-corrected chi connectivity index (χ1v) is 13.4. The Morgan fingerprint density at radius 1 is 1.14 bits per heavy atom. The van der Waals surface area contributed by atoms with E-state index in [2.05, 4.69) is 0 Å². The summed E-state index contributed by atoms with van der Waals surface area (Å²) in [5, 5.41) is 0.851. The van der Waals surface area contributed by atoms with Crippen LogP contribution in [0.4, 0.5) is 0 Å². The third-order valence-electron chi connectivity index (χ3n) is 5.72. The summed E-state index contributed by atoms with van der Waals surface area (Å²) in [4.78, 5) is 44.3. The molecule has 194 valence electrons. The highest BCUT2D eigenvalue weighted by Gasteiger charge is 2.25. The number of thiophene rings is 1. The lowest BCUT2D eigenvalue weighted by Gasteiger charge is -2.17. The van der Waals surface area contributed by atoms with Crippen LogP contribution in [-0.4, -0.2) is 47.9 Å². The molecule has 10 heteroatoms. The van der Waals surface area contributed by atoms with Gasteiger partial charge in [-0.25, -0.2) is 9.78 Å². The summed E-state index contributed by atoms with van der Waals surface area (Å²) >= 11 is 2.39. The van der Waals surface area contributed by atoms with E-state index in [-0.39, 0.29) is 23.7 Å². The highest BCUT2D eigenvalue weighted by molar-refractivity contribution is 7.99. The average Bonchev–Trinajstić information content (AvgIpc) is 3.17. The number of benzene rings is 1. The number of methoxy groups -OCH3 is 2. The molecule has 8 nitrogen and oxygen atoms in total. The van der Waals surface area contributed by atoms with Crippen LogP contribution in [0.15, 0.2) is 28.2 Å². The fourth-order valence-electron chi connectivity index (χ4n) is 3.52. The summed E-state index contributed by atoms with van der Waals surface area (Å²) in [6.45, 7) is 9.66. The number of fused-ring (bicyclic) bond motifs is 1. The number of thioether (sulfide) groups is 1. The van der Waals surface area contributed by atoms with Gasteiger partial charge in [0.2, 0.25) is 0 Å². The van der Waals surface area contributed by atoms with Crippen LogP contribution < -0.4 is 15.0 Å². The van der Waals surface area contributed by atoms with Gasteiger partial charge in [-0.05, 0) is 43.5 Å². The van der Waals surface area contributed by atoms with Gasteiger partial charge in [-0.15, -0.1) is 11.3 Å². The molecule has 0 amide bonds. The van der Waals surface area contributed by atoms with Crippen molar-refractivity contribution in [2.24, 2.45) is 5.41 Å². The molecule has 0 saturated carbocycles. The Morgan fingerprint density at radius 2 is 1.83 bits per heavy atom. The minimum atomic E-state index is -0.502. The largest absolute Gasteiger partial charge is 0.493 e. The van der Waals surface area contributed by atoms with Gasteiger partial charge in [-0.1, -0.05) is 38.6 Å². The van der Waals surface area contributed by atoms with Gasteiger partial charge >= 0.3 is 5.97 Å². The van der Waals surface area contributed by atoms with E-state index in [4.69, 9.17) is 19.2 Å². The molecule has 1 aromatic carbocycles. The van der Waals surface area contributed by atoms with Crippen molar-refractivity contribution in [3.63, 3.8) is 0 Å². The van der Waals surface area contributed by atoms with Gasteiger partial charge in [-0.2, -0.15) is 0 Å². The van der Waals surface area contributed by atoms with Gasteiger partial charge in [0, 0.05) is 12.0 Å². The second kappa shape index (κ2) is 11.5. The Balaban J connectivity index is 2.04. The molecule has 0 saturated heterocycles. The monoisotopic (exact) mass is 532 g/mol. The smallest absolute Gasteiger partial charge is 0.348 e. The lowest BCUT2D eigenvalue weighted by atomic mass is 9.92. The van der Waals surface area contributed by atoms with E-state index in [0.29, 0.717) is 50.3 Å². The number of hydrogen-bond donors (Lipinski definition) is 0. The minimum Gasteiger partial charge on any atom is -0.493 e. The molecule has 2 aromatic heterocycles. The SMILES string of the molecule is CCOC(=O)c1sc2nc(SCC(=O)C(C)(C)C)n(CCc3ccc(OC)c(OC)c3)c(=O)c2c1C. The van der Waals surface area contributed by atoms with E-state index in [1.165, 1.54) is 11.8 Å². The average molecular weight is 533 g/mol. The quantitative estimate of drug-likeness (QED) is 0.206. The van der Waals surface area contributed by atoms with E-state index in [1.54, 1.807) is 32.6 Å². The van der Waals surface area contributed by atoms with Crippen molar-refractivity contribution in [2.45, 2.75) is 52.7 Å². The van der Waals surface area contributed by atoms with Gasteiger partial charge in [0.1, 0.15) is 15.5 Å². The van der Waals surface area contributed by atoms with Gasteiger partial charge < -0.3 is 14.2 Å². The molecule has 36 heavy (non-hydrogen) atoms. The maximum atomic E-state index is 13.7. The Hall–Kier alpha value is -2.85. The van der Waals surface area contributed by atoms with Crippen molar-refractivity contribution in [2.75, 3.05) is 26.6 Å². The molecule has 0 aliphatic heterocycles. The number of aromatic nitrogens is 2. The van der Waals surface area contributed by atoms with Crippen molar-refractivity contribution >= 4 is 45.1 Å². The van der Waals surface area contributed by atoms with Crippen LogP contribution in [0, 0.1) is 12.3 Å². The summed E-state index contributed by atoms with van der Waals surface area (Å²) in [5.41, 5.74) is 0.776. The van der Waals surface area contributed by atoms with E-state index >= 15 is 0 Å². The number of carbonyl (C=O) groups is 2. The van der Waals surface area contributed by atoms with E-state index in [1.807, 2.05) is 39.0 Å². The molecule has 0 unspecified atom stereocenters. The maximum absolute atomic E-state index is 13.7. The second-order valence-corrected chi connectivity index (χ2v) is 11.2. The van der Waals surface area contributed by atoms with Crippen LogP contribution in [0.5, 0.6) is 11.5 Å². The fraction of sp³-hybridized carbons (Fsp3) is 0.462. The fourth-order valence-corrected chi connectivity index (χ4v) is 5.82. The van der Waals surface area contributed by atoms with Gasteiger partial charge in [-0.3, -0.25) is 14.2 Å². The number of carbonyl (C=O) groups excluding carboxylic acids is 2. The third-order valence-corrected chi connectivity index (χ3v) is 7.86. The Labute approximate surface area is 219 Å². The number of aryl methyl sites for hydroxylation is 2. The molecule has 0 aliphatic rings. The van der Waals surface area contributed by atoms with Gasteiger partial charge in [0.15, 0.2) is 16.7 Å². The van der Waals surface area contributed by atoms with Crippen LogP contribution in [0.25, 0.3) is 10.2 Å². The van der Waals surface area contributed by atoms with Crippen molar-refractivity contribution < 1.29 is 23.8 Å². The minimum absolute atomic E-state index is 0.0582. The summed E-state index contributed by atoms with van der Waals surface area (Å²) in [5.74, 6) is 1.01. The van der Waals surface area contributed by atoms with Crippen molar-refractivity contribution in [1.82, 2.24) is 9.55 Å². The first-order valence-electron chi connectivity index (χ1n) is 11.6. The van der Waals surface area contributed by atoms with Crippen LogP contribution in [0.3, 0.4) is 0 Å². The van der Waals surface area contributed by atoms with Crippen LogP contribution in [-0.2, 0) is 22.5 Å². The Bertz CT molecular complexity index is 1340. The third kappa shape index (κ3) is 5.92. The first-order chi connectivity index (χ1) is 17.0. The molecule has 3 aromatic rings. The number of ether oxygens (including phenoxy) is 3. The van der Waals surface area contributed by atoms with Crippen molar-refractivity contribution in [3.05, 3.63) is 44.6 Å². The van der Waals surface area contributed by atoms with Crippen LogP contribution >= 0.6 is 23.1 Å². The number of Topliss-reactive ketones (excluding diaryl/α,β-unsaturated/α-hetero) is 1. The zero-order valence-corrected chi connectivity index (χ0v) is 23.4. The molecule has 0 N–H and O–H groups in total. The molecule has 0 fully saturated rings. The lowest BCUT2D eigenvalue weighted by Crippen LogP contribution is -2.26. The Morgan fingerprint density at radius 3 is 2.44 bits per heavy atom. The molecular weight excluding hydrogens is 500 g/mol. The van der Waals surface area contributed by atoms with Crippen LogP contribution in [0.1, 0.15) is 48.5 Å². The number of esters is 1. The summed E-state index contributed by atoms with van der Waals surface area (Å²) in [7, 11) is 3.15. The standard InChI is InChI=1S/C26H32N2O6S2/c1-8-34-24(31)21-15(2)20-22(36-21)27-25(35-14-19(29)26(3,4)5)28(23(20)30)12-11-16-9-10-17(32-6)18(13-16)33-7/h9-10,13H,8,11-12,14H2,1-7H3. The normalized spacial score (nSPS) is 11.5. The molecule has 0 radical (unpaired) electrons. The molecule has 0 spiro atoms. The predicted molar refractivity (Wildman–Crippen MR) is 143 cm³/mol. The zero-order chi connectivity index (χ0) is 26.6.